The second-order valence-corrected chi connectivity index (χ2v) is 12.1. The molecule has 14 nitrogen and oxygen atoms in total. The highest BCUT2D eigenvalue weighted by atomic mass is 19.2. The summed E-state index contributed by atoms with van der Waals surface area (Å²) >= 11 is 0. The molecule has 3 heterocycles. The number of aromatic nitrogens is 2. The largest absolute Gasteiger partial charge is 0.459 e. The van der Waals surface area contributed by atoms with E-state index in [4.69, 9.17) is 23.7 Å². The minimum absolute atomic E-state index is 0.400. The van der Waals surface area contributed by atoms with Crippen LogP contribution in [-0.2, 0) is 49.6 Å². The number of rotatable bonds is 11. The Labute approximate surface area is 254 Å². The van der Waals surface area contributed by atoms with Crippen LogP contribution in [-0.4, -0.2) is 82.7 Å². The van der Waals surface area contributed by atoms with Crippen molar-refractivity contribution in [1.29, 1.82) is 0 Å². The number of ether oxygens (including phenoxy) is 5. The maximum absolute atomic E-state index is 16.6. The van der Waals surface area contributed by atoms with Crippen LogP contribution in [0.15, 0.2) is 21.9 Å². The standard InChI is InChI=1S/C29H42FN3O11/c1-16(2)24(35)40-14-29(30)22(43-26(37)18(5)6)21(42-25(36)17(3)4)23(44-29)32-13-10-20(34)33(28(32)39)15-41-27(38)19-8-11-31(7)12-9-19/h10,13,16-19,21-23H,8-9,11-12,14-15H2,1-7H3/t21-,22+,23-,29-/m1/s1. The molecule has 2 saturated heterocycles. The fraction of sp³-hybridized carbons (Fsp3) is 0.724. The van der Waals surface area contributed by atoms with Crippen LogP contribution >= 0.6 is 0 Å². The molecular weight excluding hydrogens is 585 g/mol. The number of carbonyl (C=O) groups is 4. The van der Waals surface area contributed by atoms with Crippen molar-refractivity contribution in [3.05, 3.63) is 33.1 Å². The number of halogens is 1. The lowest BCUT2D eigenvalue weighted by atomic mass is 9.97. The Morgan fingerprint density at radius 2 is 1.50 bits per heavy atom. The Morgan fingerprint density at radius 1 is 0.932 bits per heavy atom. The first kappa shape index (κ1) is 34.9. The van der Waals surface area contributed by atoms with Gasteiger partial charge >= 0.3 is 29.6 Å². The van der Waals surface area contributed by atoms with Gasteiger partial charge in [-0.25, -0.2) is 13.8 Å². The molecule has 0 aromatic carbocycles. The van der Waals surface area contributed by atoms with E-state index < -0.39 is 96.4 Å². The molecule has 0 amide bonds. The van der Waals surface area contributed by atoms with Gasteiger partial charge in [0.2, 0.25) is 6.10 Å². The number of nitrogens with zero attached hydrogens (tertiary/aromatic N) is 3. The van der Waals surface area contributed by atoms with Gasteiger partial charge in [0.1, 0.15) is 0 Å². The number of likely N-dealkylation sites (tertiary alicyclic amines) is 1. The number of hydrogen-bond donors (Lipinski definition) is 0. The van der Waals surface area contributed by atoms with Gasteiger partial charge in [-0.05, 0) is 33.0 Å². The third-order valence-corrected chi connectivity index (χ3v) is 7.40. The van der Waals surface area contributed by atoms with Crippen molar-refractivity contribution in [1.82, 2.24) is 14.0 Å². The van der Waals surface area contributed by atoms with Gasteiger partial charge in [0, 0.05) is 12.3 Å². The molecule has 0 aliphatic carbocycles. The summed E-state index contributed by atoms with van der Waals surface area (Å²) < 4.78 is 44.9. The Bertz CT molecular complexity index is 1330. The highest BCUT2D eigenvalue weighted by Gasteiger charge is 2.62. The number of alkyl halides is 1. The predicted octanol–water partition coefficient (Wildman–Crippen LogP) is 1.38. The Hall–Kier alpha value is -3.59. The third-order valence-electron chi connectivity index (χ3n) is 7.40. The van der Waals surface area contributed by atoms with Crippen LogP contribution in [0.4, 0.5) is 4.39 Å². The number of hydrogen-bond acceptors (Lipinski definition) is 12. The first-order valence-electron chi connectivity index (χ1n) is 14.7. The molecule has 15 heteroatoms. The minimum atomic E-state index is -3.07. The van der Waals surface area contributed by atoms with Gasteiger partial charge in [0.05, 0.1) is 23.7 Å². The molecule has 1 aromatic rings. The summed E-state index contributed by atoms with van der Waals surface area (Å²) in [5, 5.41) is 0. The molecule has 3 rings (SSSR count). The van der Waals surface area contributed by atoms with Crippen molar-refractivity contribution >= 4 is 23.9 Å². The van der Waals surface area contributed by atoms with Crippen LogP contribution in [0.2, 0.25) is 0 Å². The maximum atomic E-state index is 16.6. The number of carbonyl (C=O) groups excluding carboxylic acids is 4. The van der Waals surface area contributed by atoms with E-state index >= 15 is 4.39 Å². The molecule has 0 unspecified atom stereocenters. The van der Waals surface area contributed by atoms with Crippen molar-refractivity contribution in [2.24, 2.45) is 23.7 Å². The smallest absolute Gasteiger partial charge is 0.336 e. The van der Waals surface area contributed by atoms with E-state index in [2.05, 4.69) is 4.90 Å². The molecule has 2 fully saturated rings. The van der Waals surface area contributed by atoms with Crippen molar-refractivity contribution in [3.63, 3.8) is 0 Å². The van der Waals surface area contributed by atoms with Crippen LogP contribution in [0.3, 0.4) is 0 Å². The first-order valence-corrected chi connectivity index (χ1v) is 14.7. The Morgan fingerprint density at radius 3 is 2.07 bits per heavy atom. The molecule has 0 bridgehead atoms. The molecule has 0 N–H and O–H groups in total. The SMILES string of the molecule is CC(C)C(=O)OC[C@@]1(F)O[C@@H](n2ccc(=O)n(COC(=O)C3CCN(C)CC3)c2=O)[C@H](OC(=O)C(C)C)[C@@H]1OC(=O)C(C)C. The highest BCUT2D eigenvalue weighted by molar-refractivity contribution is 5.73. The molecular formula is C29H42FN3O11. The van der Waals surface area contributed by atoms with E-state index in [0.29, 0.717) is 30.5 Å². The van der Waals surface area contributed by atoms with E-state index in [0.717, 1.165) is 16.8 Å². The normalized spacial score (nSPS) is 24.5. The molecule has 0 radical (unpaired) electrons. The summed E-state index contributed by atoms with van der Waals surface area (Å²) in [6, 6.07) is 0.960. The van der Waals surface area contributed by atoms with Gasteiger partial charge in [-0.2, -0.15) is 0 Å². The van der Waals surface area contributed by atoms with Crippen molar-refractivity contribution in [2.45, 2.75) is 85.4 Å². The molecule has 2 aliphatic heterocycles. The van der Waals surface area contributed by atoms with Gasteiger partial charge in [-0.15, -0.1) is 0 Å². The topological polar surface area (TPSA) is 162 Å². The number of piperidine rings is 1. The van der Waals surface area contributed by atoms with E-state index in [1.807, 2.05) is 7.05 Å². The van der Waals surface area contributed by atoms with Gasteiger partial charge < -0.3 is 28.6 Å². The number of esters is 4. The summed E-state index contributed by atoms with van der Waals surface area (Å²) in [5.41, 5.74) is -1.90. The molecule has 1 aromatic heterocycles. The zero-order valence-electron chi connectivity index (χ0n) is 26.1. The van der Waals surface area contributed by atoms with Crippen LogP contribution in [0.5, 0.6) is 0 Å². The summed E-state index contributed by atoms with van der Waals surface area (Å²) in [6.07, 6.45) is -3.40. The van der Waals surface area contributed by atoms with Crippen LogP contribution in [0.25, 0.3) is 0 Å². The highest BCUT2D eigenvalue weighted by Crippen LogP contribution is 2.42. The van der Waals surface area contributed by atoms with Gasteiger partial charge in [0.15, 0.2) is 25.7 Å². The lowest BCUT2D eigenvalue weighted by molar-refractivity contribution is -0.226. The summed E-state index contributed by atoms with van der Waals surface area (Å²) in [5.74, 6) is -8.61. The van der Waals surface area contributed by atoms with Crippen molar-refractivity contribution in [2.75, 3.05) is 26.7 Å². The third kappa shape index (κ3) is 8.11. The molecule has 246 valence electrons. The minimum Gasteiger partial charge on any atom is -0.459 e. The second-order valence-electron chi connectivity index (χ2n) is 12.1. The van der Waals surface area contributed by atoms with E-state index in [-0.39, 0.29) is 0 Å². The van der Waals surface area contributed by atoms with Gasteiger partial charge in [-0.1, -0.05) is 41.5 Å². The van der Waals surface area contributed by atoms with Crippen molar-refractivity contribution in [3.8, 4) is 0 Å². The average Bonchev–Trinajstić information content (AvgIpc) is 3.22. The van der Waals surface area contributed by atoms with E-state index in [1.165, 1.54) is 41.5 Å². The maximum Gasteiger partial charge on any atom is 0.336 e. The van der Waals surface area contributed by atoms with Crippen LogP contribution in [0, 0.1) is 23.7 Å². The molecule has 0 spiro atoms. The molecule has 4 atom stereocenters. The Balaban J connectivity index is 2.00. The van der Waals surface area contributed by atoms with E-state index in [1.54, 1.807) is 0 Å². The molecule has 0 saturated carbocycles. The zero-order chi connectivity index (χ0) is 32.9. The summed E-state index contributed by atoms with van der Waals surface area (Å²) in [7, 11) is 1.93. The molecule has 2 aliphatic rings. The first-order chi connectivity index (χ1) is 20.6. The van der Waals surface area contributed by atoms with Crippen LogP contribution in [0.1, 0.15) is 60.6 Å². The predicted molar refractivity (Wildman–Crippen MR) is 150 cm³/mol. The lowest BCUT2D eigenvalue weighted by Gasteiger charge is -2.28. The average molecular weight is 628 g/mol. The quantitative estimate of drug-likeness (QED) is 0.256. The lowest BCUT2D eigenvalue weighted by Crippen LogP contribution is -2.49. The van der Waals surface area contributed by atoms with Gasteiger partial charge in [-0.3, -0.25) is 28.5 Å². The second kappa shape index (κ2) is 14.5. The monoisotopic (exact) mass is 627 g/mol. The summed E-state index contributed by atoms with van der Waals surface area (Å²) in [4.78, 5) is 78.5. The fourth-order valence-electron chi connectivity index (χ4n) is 4.54. The Kier molecular flexibility index (Phi) is 11.5. The molecule has 44 heavy (non-hydrogen) atoms. The van der Waals surface area contributed by atoms with E-state index in [9.17, 15) is 28.8 Å². The fourth-order valence-corrected chi connectivity index (χ4v) is 4.54. The van der Waals surface area contributed by atoms with Crippen molar-refractivity contribution < 1.29 is 47.3 Å². The zero-order valence-corrected chi connectivity index (χ0v) is 26.1. The summed E-state index contributed by atoms with van der Waals surface area (Å²) in [6.45, 7) is 8.66. The van der Waals surface area contributed by atoms with Crippen LogP contribution < -0.4 is 11.2 Å². The van der Waals surface area contributed by atoms with Gasteiger partial charge in [0.25, 0.3) is 11.4 Å².